The molecular weight excluding hydrogens is 404 g/mol. The van der Waals surface area contributed by atoms with Crippen molar-refractivity contribution in [2.24, 2.45) is 0 Å². The largest absolute Gasteiger partial charge is 0.493 e. The molecule has 0 aliphatic heterocycles. The molecule has 1 amide bonds. The monoisotopic (exact) mass is 430 g/mol. The summed E-state index contributed by atoms with van der Waals surface area (Å²) in [6.45, 7) is 5.39. The zero-order valence-corrected chi connectivity index (χ0v) is 18.3. The van der Waals surface area contributed by atoms with Gasteiger partial charge in [-0.2, -0.15) is 0 Å². The maximum absolute atomic E-state index is 12.5. The molecule has 160 valence electrons. The quantitative estimate of drug-likeness (QED) is 0.569. The van der Waals surface area contributed by atoms with Crippen molar-refractivity contribution < 1.29 is 22.4 Å². The van der Waals surface area contributed by atoms with Gasteiger partial charge >= 0.3 is 0 Å². The molecule has 0 aliphatic carbocycles. The number of aryl methyl sites for hydroxylation is 2. The second kappa shape index (κ2) is 8.89. The van der Waals surface area contributed by atoms with Gasteiger partial charge in [0.2, 0.25) is 15.9 Å². The lowest BCUT2D eigenvalue weighted by Crippen LogP contribution is -2.32. The van der Waals surface area contributed by atoms with Crippen LogP contribution in [0.3, 0.4) is 0 Å². The Labute approximate surface area is 176 Å². The van der Waals surface area contributed by atoms with E-state index in [1.807, 2.05) is 38.1 Å². The average molecular weight is 431 g/mol. The first-order valence-corrected chi connectivity index (χ1v) is 11.1. The zero-order valence-electron chi connectivity index (χ0n) is 17.5. The minimum absolute atomic E-state index is 0.00220. The second-order valence-electron chi connectivity index (χ2n) is 7.23. The Bertz CT molecular complexity index is 1170. The topological polar surface area (TPSA) is 97.6 Å². The van der Waals surface area contributed by atoms with E-state index in [0.29, 0.717) is 22.7 Å². The Morgan fingerprint density at radius 3 is 2.67 bits per heavy atom. The Balaban J connectivity index is 1.59. The number of ether oxygens (including phenoxy) is 1. The van der Waals surface area contributed by atoms with E-state index in [4.69, 9.17) is 9.15 Å². The number of para-hydroxylation sites is 1. The molecule has 2 aromatic carbocycles. The molecule has 1 atom stereocenters. The van der Waals surface area contributed by atoms with Gasteiger partial charge in [0, 0.05) is 18.4 Å². The highest BCUT2D eigenvalue weighted by atomic mass is 32.2. The third-order valence-corrected chi connectivity index (χ3v) is 6.43. The predicted molar refractivity (Wildman–Crippen MR) is 115 cm³/mol. The van der Waals surface area contributed by atoms with E-state index in [1.165, 1.54) is 0 Å². The molecule has 0 bridgehead atoms. The highest BCUT2D eigenvalue weighted by Gasteiger charge is 2.19. The lowest BCUT2D eigenvalue weighted by Gasteiger charge is -2.13. The van der Waals surface area contributed by atoms with Crippen LogP contribution in [0.4, 0.5) is 0 Å². The lowest BCUT2D eigenvalue weighted by molar-refractivity contribution is -0.121. The molecule has 1 unspecified atom stereocenters. The number of methoxy groups -OCH3 is 1. The number of furan rings is 1. The first-order chi connectivity index (χ1) is 14.2. The summed E-state index contributed by atoms with van der Waals surface area (Å²) in [6.07, 6.45) is 0.0119. The van der Waals surface area contributed by atoms with Gasteiger partial charge in [-0.15, -0.1) is 0 Å². The van der Waals surface area contributed by atoms with E-state index >= 15 is 0 Å². The summed E-state index contributed by atoms with van der Waals surface area (Å²) in [5, 5.41) is 3.71. The van der Waals surface area contributed by atoms with Gasteiger partial charge < -0.3 is 14.5 Å². The SMILES string of the molecule is COc1cccc2cc(C(C)NC(=O)CCNS(=O)(=O)c3cc(C)ccc3C)oc12. The Morgan fingerprint density at radius 1 is 1.17 bits per heavy atom. The maximum atomic E-state index is 12.5. The van der Waals surface area contributed by atoms with E-state index in [9.17, 15) is 13.2 Å². The van der Waals surface area contributed by atoms with Crippen molar-refractivity contribution in [1.29, 1.82) is 0 Å². The zero-order chi connectivity index (χ0) is 21.9. The molecule has 0 saturated heterocycles. The predicted octanol–water partition coefficient (Wildman–Crippen LogP) is 3.60. The Morgan fingerprint density at radius 2 is 1.93 bits per heavy atom. The number of nitrogens with one attached hydrogen (secondary N) is 2. The summed E-state index contributed by atoms with van der Waals surface area (Å²) >= 11 is 0. The second-order valence-corrected chi connectivity index (χ2v) is 8.97. The van der Waals surface area contributed by atoms with Crippen LogP contribution in [0, 0.1) is 13.8 Å². The molecule has 2 N–H and O–H groups in total. The number of amides is 1. The molecule has 1 aromatic heterocycles. The number of benzene rings is 2. The minimum Gasteiger partial charge on any atom is -0.493 e. The number of carbonyl (C=O) groups is 1. The number of carbonyl (C=O) groups excluding carboxylic acids is 1. The molecule has 30 heavy (non-hydrogen) atoms. The first kappa shape index (κ1) is 21.9. The smallest absolute Gasteiger partial charge is 0.240 e. The van der Waals surface area contributed by atoms with Gasteiger partial charge in [0.1, 0.15) is 5.76 Å². The number of rotatable bonds is 8. The minimum atomic E-state index is -3.68. The number of hydrogen-bond acceptors (Lipinski definition) is 5. The fourth-order valence-corrected chi connectivity index (χ4v) is 4.55. The third kappa shape index (κ3) is 4.83. The van der Waals surface area contributed by atoms with Gasteiger partial charge in [-0.1, -0.05) is 24.3 Å². The molecule has 8 heteroatoms. The summed E-state index contributed by atoms with van der Waals surface area (Å²) in [7, 11) is -2.11. The Kier molecular flexibility index (Phi) is 6.48. The van der Waals surface area contributed by atoms with Crippen molar-refractivity contribution in [2.75, 3.05) is 13.7 Å². The van der Waals surface area contributed by atoms with Gasteiger partial charge in [0.15, 0.2) is 11.3 Å². The molecule has 0 radical (unpaired) electrons. The van der Waals surface area contributed by atoms with E-state index < -0.39 is 10.0 Å². The van der Waals surface area contributed by atoms with Crippen molar-refractivity contribution in [3.63, 3.8) is 0 Å². The van der Waals surface area contributed by atoms with E-state index in [-0.39, 0.29) is 29.8 Å². The molecule has 0 saturated carbocycles. The maximum Gasteiger partial charge on any atom is 0.240 e. The van der Waals surface area contributed by atoms with Gasteiger partial charge in [0.25, 0.3) is 0 Å². The van der Waals surface area contributed by atoms with E-state index in [1.54, 1.807) is 32.2 Å². The summed E-state index contributed by atoms with van der Waals surface area (Å²) in [6, 6.07) is 12.3. The fourth-order valence-electron chi connectivity index (χ4n) is 3.19. The first-order valence-electron chi connectivity index (χ1n) is 9.64. The Hall–Kier alpha value is -2.84. The average Bonchev–Trinajstić information content (AvgIpc) is 3.14. The molecule has 3 aromatic rings. The molecule has 0 spiro atoms. The van der Waals surface area contributed by atoms with Crippen molar-refractivity contribution in [1.82, 2.24) is 10.0 Å². The van der Waals surface area contributed by atoms with Crippen LogP contribution in [-0.4, -0.2) is 28.0 Å². The van der Waals surface area contributed by atoms with E-state index in [0.717, 1.165) is 10.9 Å². The van der Waals surface area contributed by atoms with Gasteiger partial charge in [-0.05, 0) is 50.1 Å². The normalized spacial score (nSPS) is 12.7. The van der Waals surface area contributed by atoms with Crippen LogP contribution in [0.25, 0.3) is 11.0 Å². The van der Waals surface area contributed by atoms with Crippen LogP contribution in [0.5, 0.6) is 5.75 Å². The van der Waals surface area contributed by atoms with Crippen LogP contribution < -0.4 is 14.8 Å². The standard InChI is InChI=1S/C22H26N2O5S/c1-14-8-9-15(2)20(12-14)30(26,27)23-11-10-21(25)24-16(3)19-13-17-6-5-7-18(28-4)22(17)29-19/h5-9,12-13,16,23H,10-11H2,1-4H3,(H,24,25). The summed E-state index contributed by atoms with van der Waals surface area (Å²) in [5.74, 6) is 0.940. The fraction of sp³-hybridized carbons (Fsp3) is 0.318. The van der Waals surface area contributed by atoms with Crippen molar-refractivity contribution in [3.05, 3.63) is 59.4 Å². The lowest BCUT2D eigenvalue weighted by atomic mass is 10.2. The summed E-state index contributed by atoms with van der Waals surface area (Å²) in [4.78, 5) is 12.5. The van der Waals surface area contributed by atoms with Crippen LogP contribution in [0.1, 0.15) is 36.3 Å². The highest BCUT2D eigenvalue weighted by molar-refractivity contribution is 7.89. The molecule has 0 fully saturated rings. The van der Waals surface area contributed by atoms with Gasteiger partial charge in [-0.25, -0.2) is 13.1 Å². The van der Waals surface area contributed by atoms with Crippen molar-refractivity contribution >= 4 is 26.9 Å². The molecule has 7 nitrogen and oxygen atoms in total. The van der Waals surface area contributed by atoms with Crippen LogP contribution in [0.2, 0.25) is 0 Å². The van der Waals surface area contributed by atoms with Gasteiger partial charge in [0.05, 0.1) is 18.0 Å². The molecule has 1 heterocycles. The summed E-state index contributed by atoms with van der Waals surface area (Å²) < 4.78 is 38.7. The molecular formula is C22H26N2O5S. The molecule has 3 rings (SSSR count). The van der Waals surface area contributed by atoms with Crippen molar-refractivity contribution in [2.45, 2.75) is 38.1 Å². The number of fused-ring (bicyclic) bond motifs is 1. The van der Waals surface area contributed by atoms with Crippen molar-refractivity contribution in [3.8, 4) is 5.75 Å². The third-order valence-electron chi connectivity index (χ3n) is 4.83. The highest BCUT2D eigenvalue weighted by Crippen LogP contribution is 2.30. The van der Waals surface area contributed by atoms with Crippen LogP contribution >= 0.6 is 0 Å². The number of hydrogen-bond donors (Lipinski definition) is 2. The van der Waals surface area contributed by atoms with Crippen LogP contribution in [-0.2, 0) is 14.8 Å². The van der Waals surface area contributed by atoms with Crippen LogP contribution in [0.15, 0.2) is 51.8 Å². The number of sulfonamides is 1. The molecule has 0 aliphatic rings. The van der Waals surface area contributed by atoms with E-state index in [2.05, 4.69) is 10.0 Å². The summed E-state index contributed by atoms with van der Waals surface area (Å²) in [5.41, 5.74) is 2.14. The van der Waals surface area contributed by atoms with Gasteiger partial charge in [-0.3, -0.25) is 4.79 Å².